The van der Waals surface area contributed by atoms with Gasteiger partial charge in [0.05, 0.1) is 7.11 Å². The lowest BCUT2D eigenvalue weighted by Crippen LogP contribution is -2.33. The van der Waals surface area contributed by atoms with Gasteiger partial charge in [-0.2, -0.15) is 0 Å². The standard InChI is InChI=1S/C10H14BrNO4S2/c1-3-7-4-5-9(17-7)18(14,15)12-6-8(11)10(13)16-2/h4-5,8,12H,3,6H2,1-2H3. The molecule has 1 atom stereocenters. The summed E-state index contributed by atoms with van der Waals surface area (Å²) < 4.78 is 30.9. The summed E-state index contributed by atoms with van der Waals surface area (Å²) in [6, 6.07) is 3.35. The number of hydrogen-bond acceptors (Lipinski definition) is 5. The number of ether oxygens (including phenoxy) is 1. The van der Waals surface area contributed by atoms with Crippen molar-refractivity contribution in [1.29, 1.82) is 0 Å². The van der Waals surface area contributed by atoms with Crippen LogP contribution in [0.2, 0.25) is 0 Å². The van der Waals surface area contributed by atoms with Crippen molar-refractivity contribution >= 4 is 43.3 Å². The lowest BCUT2D eigenvalue weighted by molar-refractivity contribution is -0.139. The molecule has 1 heterocycles. The van der Waals surface area contributed by atoms with E-state index < -0.39 is 20.8 Å². The number of carbonyl (C=O) groups excluding carboxylic acids is 1. The number of carbonyl (C=O) groups is 1. The largest absolute Gasteiger partial charge is 0.468 e. The molecule has 0 bridgehead atoms. The van der Waals surface area contributed by atoms with E-state index in [2.05, 4.69) is 25.4 Å². The van der Waals surface area contributed by atoms with Crippen molar-refractivity contribution in [2.75, 3.05) is 13.7 Å². The fraction of sp³-hybridized carbons (Fsp3) is 0.500. The zero-order chi connectivity index (χ0) is 13.8. The number of esters is 1. The number of hydrogen-bond donors (Lipinski definition) is 1. The number of alkyl halides is 1. The number of thiophene rings is 1. The monoisotopic (exact) mass is 355 g/mol. The molecule has 1 aromatic rings. The van der Waals surface area contributed by atoms with Crippen molar-refractivity contribution in [3.05, 3.63) is 17.0 Å². The Balaban J connectivity index is 2.68. The van der Waals surface area contributed by atoms with Crippen LogP contribution in [-0.4, -0.2) is 32.9 Å². The Morgan fingerprint density at radius 1 is 1.56 bits per heavy atom. The van der Waals surface area contributed by atoms with Crippen LogP contribution in [0.5, 0.6) is 0 Å². The smallest absolute Gasteiger partial charge is 0.320 e. The summed E-state index contributed by atoms with van der Waals surface area (Å²) in [6.45, 7) is 1.91. The molecule has 0 saturated carbocycles. The zero-order valence-electron chi connectivity index (χ0n) is 9.97. The van der Waals surface area contributed by atoms with Gasteiger partial charge in [-0.15, -0.1) is 11.3 Å². The van der Waals surface area contributed by atoms with Gasteiger partial charge >= 0.3 is 5.97 Å². The van der Waals surface area contributed by atoms with Crippen molar-refractivity contribution in [3.8, 4) is 0 Å². The fourth-order valence-corrected chi connectivity index (χ4v) is 4.11. The molecule has 18 heavy (non-hydrogen) atoms. The molecule has 0 aliphatic rings. The van der Waals surface area contributed by atoms with Gasteiger partial charge in [0.15, 0.2) is 0 Å². The second kappa shape index (κ2) is 6.65. The van der Waals surface area contributed by atoms with Gasteiger partial charge in [-0.3, -0.25) is 4.79 Å². The minimum absolute atomic E-state index is 0.0473. The first-order chi connectivity index (χ1) is 8.40. The minimum Gasteiger partial charge on any atom is -0.468 e. The van der Waals surface area contributed by atoms with Crippen LogP contribution in [-0.2, 0) is 26.0 Å². The third-order valence-corrected chi connectivity index (χ3v) is 6.00. The van der Waals surface area contributed by atoms with Gasteiger partial charge in [0.2, 0.25) is 10.0 Å². The van der Waals surface area contributed by atoms with E-state index in [4.69, 9.17) is 0 Å². The summed E-state index contributed by atoms with van der Waals surface area (Å²) in [5.41, 5.74) is 0. The predicted molar refractivity (Wildman–Crippen MR) is 73.6 cm³/mol. The van der Waals surface area contributed by atoms with Crippen molar-refractivity contribution in [2.45, 2.75) is 22.4 Å². The van der Waals surface area contributed by atoms with Crippen molar-refractivity contribution < 1.29 is 17.9 Å². The molecule has 0 fully saturated rings. The van der Waals surface area contributed by atoms with E-state index in [9.17, 15) is 13.2 Å². The highest BCUT2D eigenvalue weighted by atomic mass is 79.9. The van der Waals surface area contributed by atoms with Crippen LogP contribution >= 0.6 is 27.3 Å². The molecule has 102 valence electrons. The van der Waals surface area contributed by atoms with E-state index in [0.717, 1.165) is 11.3 Å². The average Bonchev–Trinajstić information content (AvgIpc) is 2.84. The van der Waals surface area contributed by atoms with Gasteiger partial charge < -0.3 is 4.74 Å². The van der Waals surface area contributed by atoms with Crippen LogP contribution in [0.3, 0.4) is 0 Å². The third-order valence-electron chi connectivity index (χ3n) is 2.16. The van der Waals surface area contributed by atoms with E-state index in [0.29, 0.717) is 0 Å². The zero-order valence-corrected chi connectivity index (χ0v) is 13.2. The highest BCUT2D eigenvalue weighted by Gasteiger charge is 2.21. The van der Waals surface area contributed by atoms with Gasteiger partial charge in [0.25, 0.3) is 0 Å². The Morgan fingerprint density at radius 3 is 2.72 bits per heavy atom. The lowest BCUT2D eigenvalue weighted by atomic mass is 10.4. The molecule has 0 amide bonds. The molecular formula is C10H14BrNO4S2. The van der Waals surface area contributed by atoms with E-state index >= 15 is 0 Å². The molecule has 5 nitrogen and oxygen atoms in total. The molecule has 0 saturated heterocycles. The molecule has 1 aromatic heterocycles. The maximum atomic E-state index is 11.9. The van der Waals surface area contributed by atoms with Crippen LogP contribution in [0.15, 0.2) is 16.3 Å². The van der Waals surface area contributed by atoms with E-state index in [1.54, 1.807) is 12.1 Å². The lowest BCUT2D eigenvalue weighted by Gasteiger charge is -2.08. The summed E-state index contributed by atoms with van der Waals surface area (Å²) in [6.07, 6.45) is 0.795. The van der Waals surface area contributed by atoms with Crippen molar-refractivity contribution in [3.63, 3.8) is 0 Å². The SMILES string of the molecule is CCc1ccc(S(=O)(=O)NCC(Br)C(=O)OC)s1. The maximum absolute atomic E-state index is 11.9. The van der Waals surface area contributed by atoms with Gasteiger partial charge in [0.1, 0.15) is 9.04 Å². The second-order valence-electron chi connectivity index (χ2n) is 3.42. The van der Waals surface area contributed by atoms with E-state index in [-0.39, 0.29) is 10.8 Å². The highest BCUT2D eigenvalue weighted by Crippen LogP contribution is 2.21. The number of aryl methyl sites for hydroxylation is 1. The first kappa shape index (κ1) is 15.6. The molecule has 0 aliphatic carbocycles. The molecule has 1 unspecified atom stereocenters. The van der Waals surface area contributed by atoms with Gasteiger partial charge in [0, 0.05) is 11.4 Å². The summed E-state index contributed by atoms with van der Waals surface area (Å²) in [5, 5.41) is 0. The van der Waals surface area contributed by atoms with Crippen LogP contribution < -0.4 is 4.72 Å². The van der Waals surface area contributed by atoms with Crippen LogP contribution in [0, 0.1) is 0 Å². The normalized spacial score (nSPS) is 13.3. The first-order valence-electron chi connectivity index (χ1n) is 5.21. The second-order valence-corrected chi connectivity index (χ2v) is 7.68. The molecular weight excluding hydrogens is 342 g/mol. The molecule has 0 aliphatic heterocycles. The molecule has 0 radical (unpaired) electrons. The summed E-state index contributed by atoms with van der Waals surface area (Å²) in [5.74, 6) is -0.516. The average molecular weight is 356 g/mol. The van der Waals surface area contributed by atoms with Crippen molar-refractivity contribution in [2.24, 2.45) is 0 Å². The Labute approximate surface area is 119 Å². The number of halogens is 1. The molecule has 0 aromatic carbocycles. The summed E-state index contributed by atoms with van der Waals surface area (Å²) in [7, 11) is -2.31. The number of sulfonamides is 1. The topological polar surface area (TPSA) is 72.5 Å². The molecule has 1 rings (SSSR count). The van der Waals surface area contributed by atoms with Crippen LogP contribution in [0.4, 0.5) is 0 Å². The van der Waals surface area contributed by atoms with Crippen LogP contribution in [0.25, 0.3) is 0 Å². The minimum atomic E-state index is -3.56. The molecule has 0 spiro atoms. The van der Waals surface area contributed by atoms with Crippen LogP contribution in [0.1, 0.15) is 11.8 Å². The van der Waals surface area contributed by atoms with Gasteiger partial charge in [-0.25, -0.2) is 13.1 Å². The Morgan fingerprint density at radius 2 is 2.22 bits per heavy atom. The molecule has 8 heteroatoms. The number of rotatable bonds is 6. The number of nitrogens with one attached hydrogen (secondary N) is 1. The number of methoxy groups -OCH3 is 1. The summed E-state index contributed by atoms with van der Waals surface area (Å²) in [4.78, 5) is 11.4. The fourth-order valence-electron chi connectivity index (χ4n) is 1.16. The van der Waals surface area contributed by atoms with E-state index in [1.165, 1.54) is 18.4 Å². The first-order valence-corrected chi connectivity index (χ1v) is 8.42. The Bertz CT molecular complexity index is 512. The highest BCUT2D eigenvalue weighted by molar-refractivity contribution is 9.10. The summed E-state index contributed by atoms with van der Waals surface area (Å²) >= 11 is 4.27. The Hall–Kier alpha value is -0.440. The third kappa shape index (κ3) is 4.04. The predicted octanol–water partition coefficient (Wildman–Crippen LogP) is 1.53. The quantitative estimate of drug-likeness (QED) is 0.620. The van der Waals surface area contributed by atoms with E-state index in [1.807, 2.05) is 6.92 Å². The maximum Gasteiger partial charge on any atom is 0.320 e. The molecule has 1 N–H and O–H groups in total. The van der Waals surface area contributed by atoms with Crippen molar-refractivity contribution in [1.82, 2.24) is 4.72 Å². The Kier molecular flexibility index (Phi) is 5.77. The van der Waals surface area contributed by atoms with Gasteiger partial charge in [-0.1, -0.05) is 22.9 Å². The van der Waals surface area contributed by atoms with Gasteiger partial charge in [-0.05, 0) is 18.6 Å².